The fraction of sp³-hybridized carbons (Fsp3) is 0.875. The van der Waals surface area contributed by atoms with Gasteiger partial charge in [0.05, 0.1) is 13.2 Å². The van der Waals surface area contributed by atoms with E-state index in [0.29, 0.717) is 12.8 Å². The number of hydrogen-bond donors (Lipinski definition) is 3. The lowest BCUT2D eigenvalue weighted by molar-refractivity contribution is -0.174. The van der Waals surface area contributed by atoms with E-state index in [0.717, 1.165) is 19.3 Å². The monoisotopic (exact) mass is 334 g/mol. The Balaban J connectivity index is 4.17. The predicted octanol–water partition coefficient (Wildman–Crippen LogP) is 0.783. The first-order valence-electron chi connectivity index (χ1n) is 8.06. The zero-order valence-electron chi connectivity index (χ0n) is 14.3. The molecule has 0 amide bonds. The molecule has 0 bridgehead atoms. The van der Waals surface area contributed by atoms with Crippen LogP contribution in [0.4, 0.5) is 0 Å². The number of carbonyl (C=O) groups is 2. The summed E-state index contributed by atoms with van der Waals surface area (Å²) in [5, 5.41) is 27.9. The largest absolute Gasteiger partial charge is 0.462 e. The molecule has 0 radical (unpaired) electrons. The van der Waals surface area contributed by atoms with Gasteiger partial charge in [-0.1, -0.05) is 39.5 Å². The fourth-order valence-corrected chi connectivity index (χ4v) is 1.69. The SMILES string of the molecule is CCCCCCC(O)C(=O)OC(C)C(=O)OCC(C)(CO)CO. The van der Waals surface area contributed by atoms with Crippen LogP contribution >= 0.6 is 0 Å². The third-order valence-electron chi connectivity index (χ3n) is 3.55. The van der Waals surface area contributed by atoms with Crippen molar-refractivity contribution in [3.05, 3.63) is 0 Å². The van der Waals surface area contributed by atoms with Crippen molar-refractivity contribution in [1.82, 2.24) is 0 Å². The van der Waals surface area contributed by atoms with E-state index in [1.54, 1.807) is 6.92 Å². The molecule has 0 saturated carbocycles. The summed E-state index contributed by atoms with van der Waals surface area (Å²) in [4.78, 5) is 23.4. The Morgan fingerprint density at radius 1 is 1.09 bits per heavy atom. The molecule has 0 aromatic carbocycles. The maximum atomic E-state index is 11.7. The van der Waals surface area contributed by atoms with Gasteiger partial charge in [-0.05, 0) is 13.3 Å². The van der Waals surface area contributed by atoms with Gasteiger partial charge in [0.15, 0.2) is 12.2 Å². The number of esters is 2. The van der Waals surface area contributed by atoms with Gasteiger partial charge in [0.1, 0.15) is 6.61 Å². The summed E-state index contributed by atoms with van der Waals surface area (Å²) in [6.07, 6.45) is 1.64. The van der Waals surface area contributed by atoms with Crippen LogP contribution in [0.3, 0.4) is 0 Å². The highest BCUT2D eigenvalue weighted by atomic mass is 16.6. The topological polar surface area (TPSA) is 113 Å². The molecule has 0 heterocycles. The number of ether oxygens (including phenoxy) is 2. The molecule has 7 heteroatoms. The molecule has 7 nitrogen and oxygen atoms in total. The number of aliphatic hydroxyl groups excluding tert-OH is 3. The molecule has 0 aromatic heterocycles. The maximum Gasteiger partial charge on any atom is 0.347 e. The van der Waals surface area contributed by atoms with Crippen LogP contribution in [-0.2, 0) is 19.1 Å². The molecule has 2 unspecified atom stereocenters. The highest BCUT2D eigenvalue weighted by Crippen LogP contribution is 2.15. The number of carbonyl (C=O) groups excluding carboxylic acids is 2. The van der Waals surface area contributed by atoms with Crippen molar-refractivity contribution in [2.24, 2.45) is 5.41 Å². The molecule has 0 aromatic rings. The second-order valence-electron chi connectivity index (χ2n) is 6.18. The zero-order chi connectivity index (χ0) is 17.9. The van der Waals surface area contributed by atoms with Gasteiger partial charge in [-0.15, -0.1) is 0 Å². The van der Waals surface area contributed by atoms with E-state index in [1.165, 1.54) is 6.92 Å². The minimum absolute atomic E-state index is 0.194. The smallest absolute Gasteiger partial charge is 0.347 e. The zero-order valence-corrected chi connectivity index (χ0v) is 14.3. The lowest BCUT2D eigenvalue weighted by Gasteiger charge is -2.24. The van der Waals surface area contributed by atoms with Gasteiger partial charge in [0, 0.05) is 5.41 Å². The summed E-state index contributed by atoms with van der Waals surface area (Å²) in [6.45, 7) is 4.08. The second kappa shape index (κ2) is 11.4. The van der Waals surface area contributed by atoms with E-state index in [4.69, 9.17) is 19.7 Å². The van der Waals surface area contributed by atoms with Gasteiger partial charge in [0.25, 0.3) is 0 Å². The summed E-state index contributed by atoms with van der Waals surface area (Å²) in [6, 6.07) is 0. The summed E-state index contributed by atoms with van der Waals surface area (Å²) < 4.78 is 9.80. The molecule has 0 saturated heterocycles. The standard InChI is InChI=1S/C16H30O7/c1-4-5-6-7-8-13(19)15(21)23-12(2)14(20)22-11-16(3,9-17)10-18/h12-13,17-19H,4-11H2,1-3H3. The van der Waals surface area contributed by atoms with E-state index in [2.05, 4.69) is 6.92 Å². The third-order valence-corrected chi connectivity index (χ3v) is 3.55. The molecular formula is C16H30O7. The van der Waals surface area contributed by atoms with Crippen LogP contribution in [-0.4, -0.2) is 59.3 Å². The first-order chi connectivity index (χ1) is 10.8. The Hall–Kier alpha value is -1.18. The molecule has 0 aliphatic heterocycles. The number of rotatable bonds is 12. The molecule has 0 aliphatic carbocycles. The number of hydrogen-bond acceptors (Lipinski definition) is 7. The van der Waals surface area contributed by atoms with Crippen molar-refractivity contribution in [1.29, 1.82) is 0 Å². The van der Waals surface area contributed by atoms with Crippen molar-refractivity contribution in [3.8, 4) is 0 Å². The molecular weight excluding hydrogens is 304 g/mol. The van der Waals surface area contributed by atoms with E-state index < -0.39 is 29.6 Å². The lowest BCUT2D eigenvalue weighted by atomic mass is 9.94. The van der Waals surface area contributed by atoms with Gasteiger partial charge < -0.3 is 24.8 Å². The van der Waals surface area contributed by atoms with Crippen molar-refractivity contribution < 1.29 is 34.4 Å². The van der Waals surface area contributed by atoms with Crippen LogP contribution < -0.4 is 0 Å². The van der Waals surface area contributed by atoms with Crippen molar-refractivity contribution >= 4 is 11.9 Å². The Morgan fingerprint density at radius 2 is 1.70 bits per heavy atom. The van der Waals surface area contributed by atoms with Gasteiger partial charge >= 0.3 is 11.9 Å². The summed E-state index contributed by atoms with van der Waals surface area (Å²) in [7, 11) is 0. The Kier molecular flexibility index (Phi) is 10.8. The quantitative estimate of drug-likeness (QED) is 0.357. The van der Waals surface area contributed by atoms with Crippen molar-refractivity contribution in [2.45, 2.75) is 65.1 Å². The third kappa shape index (κ3) is 8.88. The minimum Gasteiger partial charge on any atom is -0.462 e. The Morgan fingerprint density at radius 3 is 2.22 bits per heavy atom. The molecule has 23 heavy (non-hydrogen) atoms. The van der Waals surface area contributed by atoms with Crippen LogP contribution in [0.5, 0.6) is 0 Å². The fourth-order valence-electron chi connectivity index (χ4n) is 1.69. The first kappa shape index (κ1) is 21.8. The first-order valence-corrected chi connectivity index (χ1v) is 8.06. The molecule has 2 atom stereocenters. The van der Waals surface area contributed by atoms with Crippen LogP contribution in [0.25, 0.3) is 0 Å². The van der Waals surface area contributed by atoms with Crippen molar-refractivity contribution in [2.75, 3.05) is 19.8 Å². The van der Waals surface area contributed by atoms with Crippen LogP contribution in [0.2, 0.25) is 0 Å². The number of aliphatic hydroxyl groups is 3. The Bertz CT molecular complexity index is 352. The lowest BCUT2D eigenvalue weighted by Crippen LogP contribution is -2.36. The highest BCUT2D eigenvalue weighted by molar-refractivity contribution is 5.80. The average molecular weight is 334 g/mol. The van der Waals surface area contributed by atoms with Gasteiger partial charge in [0.2, 0.25) is 0 Å². The molecule has 0 spiro atoms. The van der Waals surface area contributed by atoms with E-state index in [9.17, 15) is 14.7 Å². The molecule has 0 rings (SSSR count). The summed E-state index contributed by atoms with van der Waals surface area (Å²) in [5.41, 5.74) is -0.946. The normalized spacial score (nSPS) is 14.2. The van der Waals surface area contributed by atoms with E-state index >= 15 is 0 Å². The van der Waals surface area contributed by atoms with Gasteiger partial charge in [-0.3, -0.25) is 0 Å². The molecule has 3 N–H and O–H groups in total. The average Bonchev–Trinajstić information content (AvgIpc) is 2.55. The Labute approximate surface area is 137 Å². The van der Waals surface area contributed by atoms with Gasteiger partial charge in [-0.2, -0.15) is 0 Å². The molecule has 136 valence electrons. The minimum atomic E-state index is -1.25. The summed E-state index contributed by atoms with van der Waals surface area (Å²) >= 11 is 0. The van der Waals surface area contributed by atoms with Crippen LogP contribution in [0.1, 0.15) is 52.9 Å². The second-order valence-corrected chi connectivity index (χ2v) is 6.18. The number of unbranched alkanes of at least 4 members (excludes halogenated alkanes) is 3. The van der Waals surface area contributed by atoms with E-state index in [-0.39, 0.29) is 19.8 Å². The van der Waals surface area contributed by atoms with Crippen LogP contribution in [0.15, 0.2) is 0 Å². The van der Waals surface area contributed by atoms with Crippen molar-refractivity contribution in [3.63, 3.8) is 0 Å². The summed E-state index contributed by atoms with van der Waals surface area (Å²) in [5.74, 6) is -1.64. The predicted molar refractivity (Wildman–Crippen MR) is 83.6 cm³/mol. The van der Waals surface area contributed by atoms with E-state index in [1.807, 2.05) is 0 Å². The van der Waals surface area contributed by atoms with Gasteiger partial charge in [-0.25, -0.2) is 9.59 Å². The molecule has 0 fully saturated rings. The maximum absolute atomic E-state index is 11.7. The van der Waals surface area contributed by atoms with Crippen LogP contribution in [0, 0.1) is 5.41 Å². The molecule has 0 aliphatic rings. The highest BCUT2D eigenvalue weighted by Gasteiger charge is 2.28.